The Morgan fingerprint density at radius 3 is 2.52 bits per heavy atom. The van der Waals surface area contributed by atoms with Crippen LogP contribution in [0.5, 0.6) is 0 Å². The fourth-order valence-corrected chi connectivity index (χ4v) is 2.62. The van der Waals surface area contributed by atoms with Gasteiger partial charge in [-0.05, 0) is 50.1 Å². The average molecular weight is 354 g/mol. The van der Waals surface area contributed by atoms with Crippen LogP contribution in [0.25, 0.3) is 0 Å². The zero-order chi connectivity index (χ0) is 15.4. The number of nitrogens with zero attached hydrogens (tertiary/aromatic N) is 1. The number of nitrogens with one attached hydrogen (secondary N) is 2. The Kier molecular flexibility index (Phi) is 5.36. The molecule has 0 unspecified atom stereocenters. The van der Waals surface area contributed by atoms with Crippen molar-refractivity contribution in [3.63, 3.8) is 0 Å². The molecule has 0 spiro atoms. The van der Waals surface area contributed by atoms with Gasteiger partial charge >= 0.3 is 11.8 Å². The van der Waals surface area contributed by atoms with Crippen LogP contribution in [-0.2, 0) is 9.59 Å². The molecule has 0 aromatic heterocycles. The number of halogens is 1. The molecule has 1 aliphatic rings. The van der Waals surface area contributed by atoms with E-state index in [4.69, 9.17) is 0 Å². The summed E-state index contributed by atoms with van der Waals surface area (Å²) in [5.41, 5.74) is 2.70. The van der Waals surface area contributed by atoms with Crippen molar-refractivity contribution in [2.45, 2.75) is 20.3 Å². The highest BCUT2D eigenvalue weighted by atomic mass is 79.9. The zero-order valence-electron chi connectivity index (χ0n) is 12.3. The van der Waals surface area contributed by atoms with Gasteiger partial charge in [0.25, 0.3) is 0 Å². The summed E-state index contributed by atoms with van der Waals surface area (Å²) in [5.74, 6) is -1.03. The lowest BCUT2D eigenvalue weighted by atomic mass is 10.1. The van der Waals surface area contributed by atoms with Crippen LogP contribution >= 0.6 is 15.9 Å². The van der Waals surface area contributed by atoms with Gasteiger partial charge in [-0.1, -0.05) is 15.9 Å². The van der Waals surface area contributed by atoms with E-state index >= 15 is 0 Å². The zero-order valence-corrected chi connectivity index (χ0v) is 13.9. The van der Waals surface area contributed by atoms with Crippen molar-refractivity contribution in [2.24, 2.45) is 0 Å². The van der Waals surface area contributed by atoms with E-state index in [0.29, 0.717) is 18.8 Å². The van der Waals surface area contributed by atoms with E-state index in [1.165, 1.54) is 0 Å². The first-order valence-corrected chi connectivity index (χ1v) is 7.86. The van der Waals surface area contributed by atoms with Crippen molar-refractivity contribution in [1.29, 1.82) is 0 Å². The third kappa shape index (κ3) is 4.04. The number of hydrogen-bond acceptors (Lipinski definition) is 3. The Morgan fingerprint density at radius 1 is 1.19 bits per heavy atom. The maximum atomic E-state index is 12.2. The van der Waals surface area contributed by atoms with Crippen molar-refractivity contribution in [3.8, 4) is 0 Å². The number of anilines is 1. The van der Waals surface area contributed by atoms with Gasteiger partial charge in [0.2, 0.25) is 0 Å². The molecule has 0 saturated carbocycles. The van der Waals surface area contributed by atoms with Crippen molar-refractivity contribution in [1.82, 2.24) is 10.2 Å². The third-order valence-corrected chi connectivity index (χ3v) is 4.77. The van der Waals surface area contributed by atoms with Crippen LogP contribution in [0.4, 0.5) is 5.69 Å². The summed E-state index contributed by atoms with van der Waals surface area (Å²) in [6.07, 6.45) is 0.871. The highest BCUT2D eigenvalue weighted by Gasteiger charge is 2.22. The van der Waals surface area contributed by atoms with E-state index in [-0.39, 0.29) is 0 Å². The lowest BCUT2D eigenvalue weighted by molar-refractivity contribution is -0.143. The highest BCUT2D eigenvalue weighted by molar-refractivity contribution is 9.10. The first-order valence-electron chi connectivity index (χ1n) is 7.07. The summed E-state index contributed by atoms with van der Waals surface area (Å²) in [5, 5.41) is 5.91. The van der Waals surface area contributed by atoms with Gasteiger partial charge in [0.1, 0.15) is 0 Å². The van der Waals surface area contributed by atoms with Crippen molar-refractivity contribution >= 4 is 33.4 Å². The van der Waals surface area contributed by atoms with E-state index in [0.717, 1.165) is 35.1 Å². The number of carbonyl (C=O) groups is 2. The predicted octanol–water partition coefficient (Wildman–Crippen LogP) is 1.83. The summed E-state index contributed by atoms with van der Waals surface area (Å²) in [6, 6.07) is 3.71. The average Bonchev–Trinajstić information content (AvgIpc) is 2.72. The monoisotopic (exact) mass is 353 g/mol. The maximum absolute atomic E-state index is 12.2. The maximum Gasteiger partial charge on any atom is 0.313 e. The number of hydrogen-bond donors (Lipinski definition) is 2. The smallest absolute Gasteiger partial charge is 0.313 e. The molecule has 1 saturated heterocycles. The van der Waals surface area contributed by atoms with Crippen LogP contribution in [0.1, 0.15) is 17.5 Å². The Morgan fingerprint density at radius 2 is 1.86 bits per heavy atom. The second kappa shape index (κ2) is 7.04. The Hall–Kier alpha value is -1.40. The first kappa shape index (κ1) is 16.0. The Labute approximate surface area is 133 Å². The molecule has 2 rings (SSSR count). The van der Waals surface area contributed by atoms with Crippen LogP contribution in [0.2, 0.25) is 0 Å². The van der Waals surface area contributed by atoms with E-state index in [9.17, 15) is 9.59 Å². The van der Waals surface area contributed by atoms with Gasteiger partial charge in [-0.15, -0.1) is 0 Å². The van der Waals surface area contributed by atoms with Crippen LogP contribution in [0.3, 0.4) is 0 Å². The van der Waals surface area contributed by atoms with Gasteiger partial charge in [0.15, 0.2) is 0 Å². The standard InChI is InChI=1S/C15H20BrN3O2/c1-10-8-12(9-11(2)13(10)16)18-14(20)15(21)19-6-3-4-17-5-7-19/h8-9,17H,3-7H2,1-2H3,(H,18,20). The molecular weight excluding hydrogens is 334 g/mol. The van der Waals surface area contributed by atoms with Crippen molar-refractivity contribution < 1.29 is 9.59 Å². The van der Waals surface area contributed by atoms with Crippen LogP contribution in [0, 0.1) is 13.8 Å². The Bertz CT molecular complexity index is 529. The number of amides is 2. The predicted molar refractivity (Wildman–Crippen MR) is 86.3 cm³/mol. The Balaban J connectivity index is 2.05. The number of benzene rings is 1. The molecule has 21 heavy (non-hydrogen) atoms. The van der Waals surface area contributed by atoms with Gasteiger partial charge in [-0.3, -0.25) is 9.59 Å². The van der Waals surface area contributed by atoms with E-state index in [1.54, 1.807) is 4.90 Å². The second-order valence-electron chi connectivity index (χ2n) is 5.27. The second-order valence-corrected chi connectivity index (χ2v) is 6.07. The minimum absolute atomic E-state index is 0.461. The molecule has 5 nitrogen and oxygen atoms in total. The van der Waals surface area contributed by atoms with Crippen molar-refractivity contribution in [2.75, 3.05) is 31.5 Å². The molecule has 1 heterocycles. The van der Waals surface area contributed by atoms with Crippen LogP contribution in [-0.4, -0.2) is 42.9 Å². The van der Waals surface area contributed by atoms with E-state index in [2.05, 4.69) is 26.6 Å². The molecule has 1 fully saturated rings. The van der Waals surface area contributed by atoms with Gasteiger partial charge < -0.3 is 15.5 Å². The van der Waals surface area contributed by atoms with Gasteiger partial charge in [0, 0.05) is 29.8 Å². The molecule has 0 radical (unpaired) electrons. The van der Waals surface area contributed by atoms with Gasteiger partial charge in [-0.25, -0.2) is 0 Å². The molecule has 1 aromatic rings. The number of rotatable bonds is 1. The molecule has 0 bridgehead atoms. The third-order valence-electron chi connectivity index (χ3n) is 3.52. The molecule has 6 heteroatoms. The quantitative estimate of drug-likeness (QED) is 0.757. The molecule has 0 atom stereocenters. The van der Waals surface area contributed by atoms with Crippen LogP contribution in [0.15, 0.2) is 16.6 Å². The van der Waals surface area contributed by atoms with Gasteiger partial charge in [0.05, 0.1) is 0 Å². The number of carbonyl (C=O) groups excluding carboxylic acids is 2. The molecule has 1 aliphatic heterocycles. The molecule has 0 aliphatic carbocycles. The molecular formula is C15H20BrN3O2. The lowest BCUT2D eigenvalue weighted by Gasteiger charge is -2.19. The van der Waals surface area contributed by atoms with Gasteiger partial charge in [-0.2, -0.15) is 0 Å². The topological polar surface area (TPSA) is 61.4 Å². The molecule has 1 aromatic carbocycles. The normalized spacial score (nSPS) is 15.5. The lowest BCUT2D eigenvalue weighted by Crippen LogP contribution is -2.41. The molecule has 2 N–H and O–H groups in total. The fraction of sp³-hybridized carbons (Fsp3) is 0.467. The summed E-state index contributed by atoms with van der Waals surface area (Å²) in [7, 11) is 0. The van der Waals surface area contributed by atoms with E-state index in [1.807, 2.05) is 26.0 Å². The van der Waals surface area contributed by atoms with E-state index < -0.39 is 11.8 Å². The SMILES string of the molecule is Cc1cc(NC(=O)C(=O)N2CCCNCC2)cc(C)c1Br. The molecule has 114 valence electrons. The summed E-state index contributed by atoms with van der Waals surface area (Å²) in [6.45, 7) is 6.72. The minimum atomic E-state index is -0.571. The highest BCUT2D eigenvalue weighted by Crippen LogP contribution is 2.25. The molecule has 2 amide bonds. The number of aryl methyl sites for hydroxylation is 2. The summed E-state index contributed by atoms with van der Waals surface area (Å²) in [4.78, 5) is 25.9. The van der Waals surface area contributed by atoms with Crippen molar-refractivity contribution in [3.05, 3.63) is 27.7 Å². The largest absolute Gasteiger partial charge is 0.333 e. The fourth-order valence-electron chi connectivity index (χ4n) is 2.40. The summed E-state index contributed by atoms with van der Waals surface area (Å²) >= 11 is 3.48. The first-order chi connectivity index (χ1) is 9.99. The van der Waals surface area contributed by atoms with Crippen LogP contribution < -0.4 is 10.6 Å². The summed E-state index contributed by atoms with van der Waals surface area (Å²) < 4.78 is 1.02. The minimum Gasteiger partial charge on any atom is -0.333 e.